The molecule has 31 heavy (non-hydrogen) atoms. The van der Waals surface area contributed by atoms with E-state index < -0.39 is 66.4 Å². The lowest BCUT2D eigenvalue weighted by molar-refractivity contribution is -0.156. The summed E-state index contributed by atoms with van der Waals surface area (Å²) in [6.45, 7) is 4.40. The van der Waals surface area contributed by atoms with Gasteiger partial charge in [-0.2, -0.15) is 24.4 Å². The maximum absolute atomic E-state index is 12.5. The van der Waals surface area contributed by atoms with Crippen LogP contribution < -0.4 is 21.7 Å². The van der Waals surface area contributed by atoms with Crippen LogP contribution in [0, 0.1) is 0 Å². The lowest BCUT2D eigenvalue weighted by atomic mass is 10.1. The van der Waals surface area contributed by atoms with Crippen molar-refractivity contribution in [2.75, 3.05) is 24.3 Å². The fraction of sp³-hybridized carbons (Fsp3) is 0.722. The summed E-state index contributed by atoms with van der Waals surface area (Å²) in [5.74, 6) is -3.71. The molecule has 0 rings (SSSR count). The van der Waals surface area contributed by atoms with E-state index in [1.165, 1.54) is 11.8 Å². The van der Waals surface area contributed by atoms with Gasteiger partial charge in [0.25, 0.3) is 0 Å². The number of amides is 3. The van der Waals surface area contributed by atoms with E-state index in [4.69, 9.17) is 15.6 Å². The number of carboxylic acid groups (broad SMARTS) is 1. The molecule has 0 heterocycles. The SMILES string of the molecule is CSCC[C@H](N)C(=O)N[C@@H](CC(=O)OC(C)(C)C)C(=O)NCC(=O)N[C@@H](CS)C(=O)O. The van der Waals surface area contributed by atoms with Gasteiger partial charge < -0.3 is 31.5 Å². The molecule has 13 heteroatoms. The Morgan fingerprint density at radius 1 is 1.10 bits per heavy atom. The molecule has 0 spiro atoms. The quantitative estimate of drug-likeness (QED) is 0.141. The first kappa shape index (κ1) is 29.0. The van der Waals surface area contributed by atoms with Gasteiger partial charge in [0.15, 0.2) is 0 Å². The van der Waals surface area contributed by atoms with Gasteiger partial charge in [0.1, 0.15) is 17.7 Å². The van der Waals surface area contributed by atoms with Crippen LogP contribution in [0.2, 0.25) is 0 Å². The zero-order chi connectivity index (χ0) is 24.2. The third-order valence-corrected chi connectivity index (χ3v) is 4.64. The molecule has 0 aromatic carbocycles. The zero-order valence-corrected chi connectivity index (χ0v) is 19.8. The monoisotopic (exact) mass is 480 g/mol. The van der Waals surface area contributed by atoms with Crippen LogP contribution in [0.15, 0.2) is 0 Å². The zero-order valence-electron chi connectivity index (χ0n) is 18.1. The van der Waals surface area contributed by atoms with Gasteiger partial charge >= 0.3 is 11.9 Å². The Kier molecular flexibility index (Phi) is 13.2. The fourth-order valence-electron chi connectivity index (χ4n) is 2.14. The van der Waals surface area contributed by atoms with E-state index in [9.17, 15) is 24.0 Å². The number of esters is 1. The molecular formula is C18H32N4O7S2. The number of rotatable bonds is 13. The molecule has 0 saturated carbocycles. The molecule has 3 atom stereocenters. The third-order valence-electron chi connectivity index (χ3n) is 3.63. The Hall–Kier alpha value is -1.99. The van der Waals surface area contributed by atoms with Crippen LogP contribution in [-0.2, 0) is 28.7 Å². The van der Waals surface area contributed by atoms with Crippen molar-refractivity contribution in [1.82, 2.24) is 16.0 Å². The van der Waals surface area contributed by atoms with Crippen LogP contribution >= 0.6 is 24.4 Å². The van der Waals surface area contributed by atoms with Crippen LogP contribution in [0.5, 0.6) is 0 Å². The van der Waals surface area contributed by atoms with Crippen molar-refractivity contribution >= 4 is 54.1 Å². The molecule has 11 nitrogen and oxygen atoms in total. The van der Waals surface area contributed by atoms with E-state index in [0.29, 0.717) is 12.2 Å². The van der Waals surface area contributed by atoms with Gasteiger partial charge in [-0.25, -0.2) is 4.79 Å². The van der Waals surface area contributed by atoms with Gasteiger partial charge in [-0.3, -0.25) is 19.2 Å². The minimum atomic E-state index is -1.32. The molecular weight excluding hydrogens is 448 g/mol. The lowest BCUT2D eigenvalue weighted by Gasteiger charge is -2.23. The Labute approximate surface area is 191 Å². The molecule has 0 bridgehead atoms. The number of aliphatic carboxylic acids is 1. The van der Waals surface area contributed by atoms with Crippen LogP contribution in [0.25, 0.3) is 0 Å². The highest BCUT2D eigenvalue weighted by Gasteiger charge is 2.29. The molecule has 0 saturated heterocycles. The van der Waals surface area contributed by atoms with Crippen LogP contribution in [0.3, 0.4) is 0 Å². The summed E-state index contributed by atoms with van der Waals surface area (Å²) in [4.78, 5) is 59.8. The van der Waals surface area contributed by atoms with Crippen LogP contribution in [0.4, 0.5) is 0 Å². The second kappa shape index (κ2) is 14.1. The van der Waals surface area contributed by atoms with Crippen molar-refractivity contribution in [1.29, 1.82) is 0 Å². The Bertz CT molecular complexity index is 655. The minimum Gasteiger partial charge on any atom is -0.480 e. The molecule has 0 aliphatic rings. The topological polar surface area (TPSA) is 177 Å². The Morgan fingerprint density at radius 2 is 1.71 bits per heavy atom. The summed E-state index contributed by atoms with van der Waals surface area (Å²) in [6.07, 6.45) is 1.76. The van der Waals surface area contributed by atoms with Gasteiger partial charge in [-0.05, 0) is 39.2 Å². The average molecular weight is 481 g/mol. The van der Waals surface area contributed by atoms with E-state index in [1.54, 1.807) is 20.8 Å². The molecule has 0 aromatic rings. The van der Waals surface area contributed by atoms with E-state index in [2.05, 4.69) is 28.6 Å². The van der Waals surface area contributed by atoms with Crippen LogP contribution in [-0.4, -0.2) is 82.8 Å². The fourth-order valence-corrected chi connectivity index (χ4v) is 2.87. The van der Waals surface area contributed by atoms with Gasteiger partial charge in [0.05, 0.1) is 19.0 Å². The number of carbonyl (C=O) groups excluding carboxylic acids is 4. The Morgan fingerprint density at radius 3 is 2.19 bits per heavy atom. The predicted molar refractivity (Wildman–Crippen MR) is 120 cm³/mol. The summed E-state index contributed by atoms with van der Waals surface area (Å²) in [7, 11) is 0. The van der Waals surface area contributed by atoms with Crippen LogP contribution in [0.1, 0.15) is 33.6 Å². The maximum Gasteiger partial charge on any atom is 0.327 e. The van der Waals surface area contributed by atoms with Crippen molar-refractivity contribution in [2.24, 2.45) is 5.73 Å². The number of nitrogens with two attached hydrogens (primary N) is 1. The Balaban J connectivity index is 5.10. The molecule has 178 valence electrons. The van der Waals surface area contributed by atoms with Crippen molar-refractivity contribution in [2.45, 2.75) is 57.3 Å². The van der Waals surface area contributed by atoms with Crippen molar-refractivity contribution < 1.29 is 33.8 Å². The first-order valence-corrected chi connectivity index (χ1v) is 11.5. The number of hydrogen-bond acceptors (Lipinski definition) is 9. The number of carboxylic acids is 1. The molecule has 0 radical (unpaired) electrons. The van der Waals surface area contributed by atoms with E-state index >= 15 is 0 Å². The number of thioether (sulfide) groups is 1. The minimum absolute atomic E-state index is 0.139. The number of carbonyl (C=O) groups is 5. The van der Waals surface area contributed by atoms with Crippen molar-refractivity contribution in [3.63, 3.8) is 0 Å². The third kappa shape index (κ3) is 13.1. The first-order chi connectivity index (χ1) is 14.3. The predicted octanol–water partition coefficient (Wildman–Crippen LogP) is -1.10. The average Bonchev–Trinajstić information content (AvgIpc) is 2.65. The summed E-state index contributed by atoms with van der Waals surface area (Å²) in [6, 6.07) is -3.42. The van der Waals surface area contributed by atoms with Gasteiger partial charge in [-0.1, -0.05) is 0 Å². The summed E-state index contributed by atoms with van der Waals surface area (Å²) in [5.41, 5.74) is 5.01. The van der Waals surface area contributed by atoms with E-state index in [-0.39, 0.29) is 5.75 Å². The maximum atomic E-state index is 12.5. The second-order valence-corrected chi connectivity index (χ2v) is 8.95. The van der Waals surface area contributed by atoms with Crippen molar-refractivity contribution in [3.8, 4) is 0 Å². The van der Waals surface area contributed by atoms with Gasteiger partial charge in [0, 0.05) is 5.75 Å². The standard InChI is InChI=1S/C18H32N4O7S2/c1-18(2,3)29-14(24)7-11(22-15(25)10(19)5-6-31-4)16(26)20-8-13(23)21-12(9-30)17(27)28/h10-12,30H,5-9,19H2,1-4H3,(H,20,26)(H,21,23)(H,22,25)(H,27,28)/t10-,11-,12-/m0/s1. The van der Waals surface area contributed by atoms with Gasteiger partial charge in [-0.15, -0.1) is 0 Å². The summed E-state index contributed by atoms with van der Waals surface area (Å²) >= 11 is 5.33. The highest BCUT2D eigenvalue weighted by molar-refractivity contribution is 7.98. The number of nitrogens with one attached hydrogen (secondary N) is 3. The molecule has 0 aliphatic heterocycles. The number of ether oxygens (including phenoxy) is 1. The number of thiol groups is 1. The molecule has 0 aliphatic carbocycles. The lowest BCUT2D eigenvalue weighted by Crippen LogP contribution is -2.54. The summed E-state index contributed by atoms with van der Waals surface area (Å²) < 4.78 is 5.19. The molecule has 3 amide bonds. The molecule has 0 unspecified atom stereocenters. The normalized spacial score (nSPS) is 14.0. The highest BCUT2D eigenvalue weighted by Crippen LogP contribution is 2.10. The van der Waals surface area contributed by atoms with E-state index in [1.807, 2.05) is 6.26 Å². The van der Waals surface area contributed by atoms with E-state index in [0.717, 1.165) is 0 Å². The summed E-state index contributed by atoms with van der Waals surface area (Å²) in [5, 5.41) is 15.8. The van der Waals surface area contributed by atoms with Gasteiger partial charge in [0.2, 0.25) is 17.7 Å². The highest BCUT2D eigenvalue weighted by atomic mass is 32.2. The second-order valence-electron chi connectivity index (χ2n) is 7.60. The smallest absolute Gasteiger partial charge is 0.327 e. The first-order valence-electron chi connectivity index (χ1n) is 9.48. The largest absolute Gasteiger partial charge is 0.480 e. The van der Waals surface area contributed by atoms with Crippen molar-refractivity contribution in [3.05, 3.63) is 0 Å². The number of hydrogen-bond donors (Lipinski definition) is 6. The molecule has 6 N–H and O–H groups in total. The molecule has 0 aromatic heterocycles. The molecule has 0 fully saturated rings.